The Balaban J connectivity index is 2.11. The van der Waals surface area contributed by atoms with Gasteiger partial charge < -0.3 is 10.2 Å². The van der Waals surface area contributed by atoms with Gasteiger partial charge in [-0.15, -0.1) is 0 Å². The fourth-order valence-corrected chi connectivity index (χ4v) is 2.69. The van der Waals surface area contributed by atoms with E-state index in [9.17, 15) is 9.90 Å². The Morgan fingerprint density at radius 3 is 2.62 bits per heavy atom. The zero-order valence-electron chi connectivity index (χ0n) is 11.6. The number of rotatable bonds is 6. The van der Waals surface area contributed by atoms with Crippen molar-refractivity contribution in [2.75, 3.05) is 0 Å². The van der Waals surface area contributed by atoms with Gasteiger partial charge >= 0.3 is 5.97 Å². The number of hydrogen-bond donors (Lipinski definition) is 2. The molecule has 0 radical (unpaired) electrons. The molecule has 2 aromatic rings. The van der Waals surface area contributed by atoms with Crippen molar-refractivity contribution in [3.8, 4) is 0 Å². The lowest BCUT2D eigenvalue weighted by Crippen LogP contribution is -2.19. The molecule has 0 aliphatic carbocycles. The summed E-state index contributed by atoms with van der Waals surface area (Å²) in [5.74, 6) is -0.904. The number of nitrogens with zero attached hydrogens (tertiary/aromatic N) is 2. The van der Waals surface area contributed by atoms with Crippen LogP contribution in [0.25, 0.3) is 0 Å². The van der Waals surface area contributed by atoms with E-state index in [1.54, 1.807) is 6.07 Å². The second-order valence-electron chi connectivity index (χ2n) is 4.62. The van der Waals surface area contributed by atoms with Crippen molar-refractivity contribution in [1.82, 2.24) is 9.97 Å². The van der Waals surface area contributed by atoms with Gasteiger partial charge in [-0.05, 0) is 25.0 Å². The minimum absolute atomic E-state index is 0.189. The summed E-state index contributed by atoms with van der Waals surface area (Å²) in [6.07, 6.45) is 1.92. The van der Waals surface area contributed by atoms with Gasteiger partial charge in [-0.25, -0.2) is 9.97 Å². The average molecular weight is 304 g/mol. The van der Waals surface area contributed by atoms with E-state index in [-0.39, 0.29) is 6.61 Å². The first-order valence-corrected chi connectivity index (χ1v) is 7.34. The lowest BCUT2D eigenvalue weighted by Gasteiger charge is -2.11. The van der Waals surface area contributed by atoms with Crippen LogP contribution in [0, 0.1) is 6.92 Å². The molecule has 0 saturated heterocycles. The first-order valence-electron chi connectivity index (χ1n) is 6.46. The van der Waals surface area contributed by atoms with E-state index in [1.807, 2.05) is 31.2 Å². The molecule has 0 amide bonds. The molecule has 21 heavy (non-hydrogen) atoms. The van der Waals surface area contributed by atoms with Gasteiger partial charge in [0.15, 0.2) is 5.16 Å². The molecule has 6 heteroatoms. The molecular formula is C15H16N2O3S. The van der Waals surface area contributed by atoms with Crippen molar-refractivity contribution in [3.05, 3.63) is 53.3 Å². The van der Waals surface area contributed by atoms with Gasteiger partial charge in [0.2, 0.25) is 0 Å². The molecule has 0 saturated carbocycles. The Morgan fingerprint density at radius 1 is 1.29 bits per heavy atom. The number of benzene rings is 1. The van der Waals surface area contributed by atoms with Crippen LogP contribution >= 0.6 is 11.8 Å². The van der Waals surface area contributed by atoms with Crippen LogP contribution in [-0.2, 0) is 17.8 Å². The first kappa shape index (κ1) is 15.5. The summed E-state index contributed by atoms with van der Waals surface area (Å²) in [6, 6.07) is 9.37. The van der Waals surface area contributed by atoms with Crippen LogP contribution in [0.15, 0.2) is 41.7 Å². The number of hydrogen-bond acceptors (Lipinski definition) is 5. The highest BCUT2D eigenvalue weighted by atomic mass is 32.2. The van der Waals surface area contributed by atoms with Crippen molar-refractivity contribution in [2.45, 2.75) is 30.4 Å². The molecule has 1 aromatic heterocycles. The van der Waals surface area contributed by atoms with Gasteiger partial charge in [-0.1, -0.05) is 41.6 Å². The maximum absolute atomic E-state index is 11.4. The van der Waals surface area contributed by atoms with E-state index in [1.165, 1.54) is 6.20 Å². The normalized spacial score (nSPS) is 12.1. The predicted molar refractivity (Wildman–Crippen MR) is 80.1 cm³/mol. The molecule has 1 aromatic carbocycles. The van der Waals surface area contributed by atoms with Crippen molar-refractivity contribution in [3.63, 3.8) is 0 Å². The van der Waals surface area contributed by atoms with Crippen LogP contribution in [0.4, 0.5) is 0 Å². The second-order valence-corrected chi connectivity index (χ2v) is 5.79. The minimum Gasteiger partial charge on any atom is -0.480 e. The number of aliphatic hydroxyl groups excluding tert-OH is 1. The van der Waals surface area contributed by atoms with Crippen molar-refractivity contribution in [2.24, 2.45) is 0 Å². The van der Waals surface area contributed by atoms with Gasteiger partial charge in [0.25, 0.3) is 0 Å². The van der Waals surface area contributed by atoms with E-state index in [0.717, 1.165) is 22.9 Å². The molecule has 1 heterocycles. The molecule has 0 aliphatic heterocycles. The summed E-state index contributed by atoms with van der Waals surface area (Å²) < 4.78 is 0. The Bertz CT molecular complexity index is 617. The van der Waals surface area contributed by atoms with Crippen LogP contribution in [-0.4, -0.2) is 31.4 Å². The van der Waals surface area contributed by atoms with Gasteiger partial charge in [-0.2, -0.15) is 0 Å². The van der Waals surface area contributed by atoms with Crippen LogP contribution < -0.4 is 0 Å². The third kappa shape index (κ3) is 4.54. The van der Waals surface area contributed by atoms with E-state index in [4.69, 9.17) is 5.11 Å². The summed E-state index contributed by atoms with van der Waals surface area (Å²) in [5, 5.41) is 18.1. The number of aliphatic carboxylic acids is 1. The zero-order valence-corrected chi connectivity index (χ0v) is 12.4. The van der Waals surface area contributed by atoms with Crippen LogP contribution in [0.3, 0.4) is 0 Å². The summed E-state index contributed by atoms with van der Waals surface area (Å²) in [5.41, 5.74) is 2.57. The monoisotopic (exact) mass is 304 g/mol. The number of aromatic nitrogens is 2. The maximum Gasteiger partial charge on any atom is 0.317 e. The third-order valence-electron chi connectivity index (χ3n) is 2.92. The molecule has 0 aliphatic rings. The minimum atomic E-state index is -0.904. The number of aliphatic hydroxyl groups is 1. The van der Waals surface area contributed by atoms with Crippen LogP contribution in [0.2, 0.25) is 0 Å². The largest absolute Gasteiger partial charge is 0.480 e. The topological polar surface area (TPSA) is 83.3 Å². The van der Waals surface area contributed by atoms with Crippen molar-refractivity contribution >= 4 is 17.7 Å². The standard InChI is InChI=1S/C15H16N2O3S/c1-10-2-4-11(5-3-10)8-13(14(19)20)21-15-16-7-6-12(9-18)17-15/h2-7,13,18H,8-9H2,1H3,(H,19,20). The highest BCUT2D eigenvalue weighted by molar-refractivity contribution is 8.00. The highest BCUT2D eigenvalue weighted by Gasteiger charge is 2.21. The predicted octanol–water partition coefficient (Wildman–Crippen LogP) is 2.07. The summed E-state index contributed by atoms with van der Waals surface area (Å²) >= 11 is 1.09. The Hall–Kier alpha value is -1.92. The molecular weight excluding hydrogens is 288 g/mol. The second kappa shape index (κ2) is 7.19. The molecule has 2 rings (SSSR count). The Morgan fingerprint density at radius 2 is 2.00 bits per heavy atom. The summed E-state index contributed by atoms with van der Waals surface area (Å²) in [4.78, 5) is 19.6. The van der Waals surface area contributed by atoms with Gasteiger partial charge in [0.05, 0.1) is 12.3 Å². The van der Waals surface area contributed by atoms with Crippen LogP contribution in [0.1, 0.15) is 16.8 Å². The Labute approximate surface area is 127 Å². The molecule has 0 bridgehead atoms. The molecule has 1 atom stereocenters. The maximum atomic E-state index is 11.4. The molecule has 0 spiro atoms. The molecule has 2 N–H and O–H groups in total. The highest BCUT2D eigenvalue weighted by Crippen LogP contribution is 2.23. The van der Waals surface area contributed by atoms with Gasteiger partial charge in [0.1, 0.15) is 5.25 Å². The van der Waals surface area contributed by atoms with Gasteiger partial charge in [0, 0.05) is 6.20 Å². The fourth-order valence-electron chi connectivity index (χ4n) is 1.77. The Kier molecular flexibility index (Phi) is 5.30. The van der Waals surface area contributed by atoms with E-state index >= 15 is 0 Å². The zero-order chi connectivity index (χ0) is 15.2. The lowest BCUT2D eigenvalue weighted by molar-refractivity contribution is -0.136. The quantitative estimate of drug-likeness (QED) is 0.628. The molecule has 0 fully saturated rings. The fraction of sp³-hybridized carbons (Fsp3) is 0.267. The summed E-state index contributed by atoms with van der Waals surface area (Å²) in [6.45, 7) is 1.80. The molecule has 1 unspecified atom stereocenters. The van der Waals surface area contributed by atoms with Gasteiger partial charge in [-0.3, -0.25) is 4.79 Å². The molecule has 110 valence electrons. The number of carbonyl (C=O) groups is 1. The smallest absolute Gasteiger partial charge is 0.317 e. The third-order valence-corrected chi connectivity index (χ3v) is 3.98. The van der Waals surface area contributed by atoms with Crippen molar-refractivity contribution < 1.29 is 15.0 Å². The summed E-state index contributed by atoms with van der Waals surface area (Å²) in [7, 11) is 0. The number of thioether (sulfide) groups is 1. The average Bonchev–Trinajstić information content (AvgIpc) is 2.49. The van der Waals surface area contributed by atoms with E-state index in [0.29, 0.717) is 17.3 Å². The number of carboxylic acids is 1. The van der Waals surface area contributed by atoms with Crippen LogP contribution in [0.5, 0.6) is 0 Å². The molecule has 5 nitrogen and oxygen atoms in total. The van der Waals surface area contributed by atoms with E-state index < -0.39 is 11.2 Å². The van der Waals surface area contributed by atoms with Crippen molar-refractivity contribution in [1.29, 1.82) is 0 Å². The SMILES string of the molecule is Cc1ccc(CC(Sc2nccc(CO)n2)C(=O)O)cc1. The first-order chi connectivity index (χ1) is 10.1. The lowest BCUT2D eigenvalue weighted by atomic mass is 10.1. The number of aryl methyl sites for hydroxylation is 1. The number of carboxylic acid groups (broad SMARTS) is 1. The van der Waals surface area contributed by atoms with E-state index in [2.05, 4.69) is 9.97 Å².